The molecule has 18 heavy (non-hydrogen) atoms. The Morgan fingerprint density at radius 1 is 1.39 bits per heavy atom. The molecule has 1 aliphatic rings. The van der Waals surface area contributed by atoms with Crippen LogP contribution in [0, 0.1) is 11.7 Å². The average molecular weight is 252 g/mol. The van der Waals surface area contributed by atoms with Crippen molar-refractivity contribution in [2.24, 2.45) is 5.92 Å². The van der Waals surface area contributed by atoms with E-state index in [1.807, 2.05) is 0 Å². The Morgan fingerprint density at radius 3 is 2.67 bits per heavy atom. The maximum absolute atomic E-state index is 13.2. The summed E-state index contributed by atoms with van der Waals surface area (Å²) in [6.45, 7) is 0.804. The molecular weight excluding hydrogens is 239 g/mol. The van der Waals surface area contributed by atoms with Crippen molar-refractivity contribution in [1.82, 2.24) is 4.90 Å². The number of nitrogens with zero attached hydrogens (tertiary/aromatic N) is 1. The topological polar surface area (TPSA) is 69.6 Å². The molecule has 0 spiro atoms. The second-order valence-corrected chi connectivity index (χ2v) is 4.26. The molecule has 0 unspecified atom stereocenters. The van der Waals surface area contributed by atoms with Gasteiger partial charge in [0.2, 0.25) is 5.91 Å². The highest BCUT2D eigenvalue weighted by Crippen LogP contribution is 2.16. The van der Waals surface area contributed by atoms with Crippen LogP contribution in [0.3, 0.4) is 0 Å². The Bertz CT molecular complexity index is 472. The number of hydrogen-bond acceptors (Lipinski definition) is 3. The first kappa shape index (κ1) is 12.5. The number of benzene rings is 1. The number of carboxylic acid groups (broad SMARTS) is 1. The minimum atomic E-state index is -0.847. The molecule has 0 atom stereocenters. The van der Waals surface area contributed by atoms with Crippen LogP contribution in [-0.2, 0) is 9.59 Å². The van der Waals surface area contributed by atoms with E-state index in [0.29, 0.717) is 13.1 Å². The molecule has 1 aliphatic heterocycles. The van der Waals surface area contributed by atoms with Gasteiger partial charge in [-0.15, -0.1) is 0 Å². The number of likely N-dealkylation sites (tertiary alicyclic amines) is 1. The van der Waals surface area contributed by atoms with Gasteiger partial charge >= 0.3 is 5.97 Å². The van der Waals surface area contributed by atoms with Gasteiger partial charge in [0.05, 0.1) is 18.2 Å². The summed E-state index contributed by atoms with van der Waals surface area (Å²) < 4.78 is 13.2. The molecule has 1 saturated heterocycles. The van der Waals surface area contributed by atoms with Crippen LogP contribution in [0.25, 0.3) is 0 Å². The van der Waals surface area contributed by atoms with Crippen molar-refractivity contribution in [3.05, 3.63) is 30.1 Å². The normalized spacial score (nSPS) is 16.1. The Hall–Kier alpha value is -1.95. The molecule has 0 aliphatic carbocycles. The molecule has 1 fully saturated rings. The lowest BCUT2D eigenvalue weighted by molar-refractivity contribution is -0.148. The first-order valence-electron chi connectivity index (χ1n) is 5.56. The van der Waals surface area contributed by atoms with E-state index < -0.39 is 17.7 Å². The van der Waals surface area contributed by atoms with Gasteiger partial charge in [-0.25, -0.2) is 4.39 Å². The lowest BCUT2D eigenvalue weighted by Gasteiger charge is -2.35. The fraction of sp³-hybridized carbons (Fsp3) is 0.333. The predicted octanol–water partition coefficient (Wildman–Crippen LogP) is 0.781. The third-order valence-electron chi connectivity index (χ3n) is 2.82. The van der Waals surface area contributed by atoms with Gasteiger partial charge in [0, 0.05) is 13.1 Å². The minimum Gasteiger partial charge on any atom is -0.481 e. The zero-order chi connectivity index (χ0) is 13.1. The van der Waals surface area contributed by atoms with Crippen molar-refractivity contribution in [3.8, 4) is 0 Å². The number of nitrogens with one attached hydrogen (secondary N) is 1. The summed E-state index contributed by atoms with van der Waals surface area (Å²) in [5, 5.41) is 11.1. The van der Waals surface area contributed by atoms with E-state index in [-0.39, 0.29) is 18.1 Å². The Labute approximate surface area is 103 Å². The van der Waals surface area contributed by atoms with Crippen molar-refractivity contribution >= 4 is 17.6 Å². The van der Waals surface area contributed by atoms with E-state index in [2.05, 4.69) is 5.32 Å². The fourth-order valence-corrected chi connectivity index (χ4v) is 1.81. The summed E-state index contributed by atoms with van der Waals surface area (Å²) in [5.41, 5.74) is 0.137. The second kappa shape index (κ2) is 5.14. The number of hydrogen-bond donors (Lipinski definition) is 2. The van der Waals surface area contributed by atoms with Crippen molar-refractivity contribution in [2.45, 2.75) is 0 Å². The van der Waals surface area contributed by atoms with E-state index in [1.54, 1.807) is 11.0 Å². The third-order valence-corrected chi connectivity index (χ3v) is 2.82. The molecule has 1 aromatic rings. The largest absolute Gasteiger partial charge is 0.481 e. The van der Waals surface area contributed by atoms with Gasteiger partial charge < -0.3 is 10.4 Å². The van der Waals surface area contributed by atoms with Crippen LogP contribution in [0.4, 0.5) is 10.1 Å². The number of carbonyl (C=O) groups is 2. The number of halogens is 1. The van der Waals surface area contributed by atoms with E-state index in [4.69, 9.17) is 5.11 Å². The predicted molar refractivity (Wildman–Crippen MR) is 62.6 cm³/mol. The van der Waals surface area contributed by atoms with Gasteiger partial charge in [0.25, 0.3) is 0 Å². The van der Waals surface area contributed by atoms with Gasteiger partial charge in [-0.1, -0.05) is 12.1 Å². The maximum atomic E-state index is 13.2. The highest BCUT2D eigenvalue weighted by molar-refractivity contribution is 5.92. The molecule has 0 saturated carbocycles. The Morgan fingerprint density at radius 2 is 2.06 bits per heavy atom. The Balaban J connectivity index is 1.80. The van der Waals surface area contributed by atoms with Crippen molar-refractivity contribution in [2.75, 3.05) is 25.0 Å². The molecule has 6 heteroatoms. The second-order valence-electron chi connectivity index (χ2n) is 4.26. The van der Waals surface area contributed by atoms with Crippen molar-refractivity contribution in [3.63, 3.8) is 0 Å². The third kappa shape index (κ3) is 2.84. The van der Waals surface area contributed by atoms with Crippen LogP contribution < -0.4 is 5.32 Å². The van der Waals surface area contributed by atoms with Crippen LogP contribution in [0.2, 0.25) is 0 Å². The number of aliphatic carboxylic acids is 1. The zero-order valence-electron chi connectivity index (χ0n) is 9.60. The molecular formula is C12H13FN2O3. The molecule has 1 aromatic carbocycles. The minimum absolute atomic E-state index is 0.0815. The van der Waals surface area contributed by atoms with E-state index >= 15 is 0 Å². The fourth-order valence-electron chi connectivity index (χ4n) is 1.81. The molecule has 96 valence electrons. The van der Waals surface area contributed by atoms with Gasteiger partial charge in [-0.05, 0) is 12.1 Å². The molecule has 0 aromatic heterocycles. The number of anilines is 1. The van der Waals surface area contributed by atoms with Crippen LogP contribution in [0.1, 0.15) is 0 Å². The van der Waals surface area contributed by atoms with E-state index in [1.165, 1.54) is 18.2 Å². The smallest absolute Gasteiger partial charge is 0.309 e. The SMILES string of the molecule is O=C(CN1CC(C(=O)O)C1)Nc1ccccc1F. The summed E-state index contributed by atoms with van der Waals surface area (Å²) in [5.74, 6) is -2.08. The standard InChI is InChI=1S/C12H13FN2O3/c13-9-3-1-2-4-10(9)14-11(16)7-15-5-8(6-15)12(17)18/h1-4,8H,5-7H2,(H,14,16)(H,17,18). The maximum Gasteiger partial charge on any atom is 0.309 e. The molecule has 1 amide bonds. The first-order valence-corrected chi connectivity index (χ1v) is 5.56. The van der Waals surface area contributed by atoms with Gasteiger partial charge in [-0.3, -0.25) is 14.5 Å². The summed E-state index contributed by atoms with van der Waals surface area (Å²) in [7, 11) is 0. The quantitative estimate of drug-likeness (QED) is 0.830. The van der Waals surface area contributed by atoms with Crippen molar-refractivity contribution in [1.29, 1.82) is 0 Å². The summed E-state index contributed by atoms with van der Waals surface area (Å²) in [6, 6.07) is 5.91. The highest BCUT2D eigenvalue weighted by Gasteiger charge is 2.33. The van der Waals surface area contributed by atoms with Crippen molar-refractivity contribution < 1.29 is 19.1 Å². The van der Waals surface area contributed by atoms with Crippen LogP contribution in [-0.4, -0.2) is 41.5 Å². The monoisotopic (exact) mass is 252 g/mol. The number of rotatable bonds is 4. The molecule has 2 N–H and O–H groups in total. The summed E-state index contributed by atoms with van der Waals surface area (Å²) in [4.78, 5) is 23.9. The molecule has 0 bridgehead atoms. The number of carbonyl (C=O) groups excluding carboxylic acids is 1. The highest BCUT2D eigenvalue weighted by atomic mass is 19.1. The first-order chi connectivity index (χ1) is 8.56. The number of carboxylic acids is 1. The van der Waals surface area contributed by atoms with Gasteiger partial charge in [-0.2, -0.15) is 0 Å². The average Bonchev–Trinajstić information content (AvgIpc) is 2.25. The van der Waals surface area contributed by atoms with E-state index in [9.17, 15) is 14.0 Å². The number of amides is 1. The van der Waals surface area contributed by atoms with Gasteiger partial charge in [0.15, 0.2) is 0 Å². The van der Waals surface area contributed by atoms with Crippen LogP contribution in [0.15, 0.2) is 24.3 Å². The van der Waals surface area contributed by atoms with Crippen LogP contribution in [0.5, 0.6) is 0 Å². The zero-order valence-corrected chi connectivity index (χ0v) is 9.60. The molecule has 5 nitrogen and oxygen atoms in total. The molecule has 2 rings (SSSR count). The number of para-hydroxylation sites is 1. The lowest BCUT2D eigenvalue weighted by Crippen LogP contribution is -2.52. The Kier molecular flexibility index (Phi) is 3.57. The van der Waals surface area contributed by atoms with Crippen LogP contribution >= 0.6 is 0 Å². The van der Waals surface area contributed by atoms with E-state index in [0.717, 1.165) is 0 Å². The molecule has 1 heterocycles. The van der Waals surface area contributed by atoms with Gasteiger partial charge in [0.1, 0.15) is 5.82 Å². The lowest BCUT2D eigenvalue weighted by atomic mass is 10.0. The summed E-state index contributed by atoms with van der Waals surface area (Å²) >= 11 is 0. The summed E-state index contributed by atoms with van der Waals surface area (Å²) in [6.07, 6.45) is 0. The molecule has 0 radical (unpaired) electrons.